The number of hydrogen-bond acceptors (Lipinski definition) is 4. The molecule has 0 aliphatic heterocycles. The van der Waals surface area contributed by atoms with Gasteiger partial charge in [0, 0.05) is 5.39 Å². The van der Waals surface area contributed by atoms with Crippen molar-refractivity contribution in [3.63, 3.8) is 0 Å². The fourth-order valence-corrected chi connectivity index (χ4v) is 2.43. The lowest BCUT2D eigenvalue weighted by atomic mass is 10.1. The lowest BCUT2D eigenvalue weighted by Crippen LogP contribution is -2.50. The molecule has 2 aromatic rings. The van der Waals surface area contributed by atoms with Crippen molar-refractivity contribution < 1.29 is 19.5 Å². The van der Waals surface area contributed by atoms with Crippen LogP contribution < -0.4 is 10.6 Å². The molecule has 0 aliphatic rings. The number of aromatic amines is 1. The number of carboxylic acids is 1. The monoisotopic (exact) mass is 346 g/mol. The number of amides is 2. The van der Waals surface area contributed by atoms with Crippen LogP contribution in [-0.4, -0.2) is 45.2 Å². The third kappa shape index (κ3) is 4.56. The summed E-state index contributed by atoms with van der Waals surface area (Å²) < 4.78 is 0. The van der Waals surface area contributed by atoms with Gasteiger partial charge in [-0.3, -0.25) is 14.7 Å². The lowest BCUT2D eigenvalue weighted by Gasteiger charge is -2.18. The van der Waals surface area contributed by atoms with E-state index in [1.807, 2.05) is 13.0 Å². The van der Waals surface area contributed by atoms with Gasteiger partial charge in [-0.15, -0.1) is 0 Å². The van der Waals surface area contributed by atoms with E-state index in [1.54, 1.807) is 18.2 Å². The van der Waals surface area contributed by atoms with Crippen LogP contribution >= 0.6 is 0 Å². The second-order valence-corrected chi connectivity index (χ2v) is 5.85. The van der Waals surface area contributed by atoms with E-state index in [9.17, 15) is 14.4 Å². The molecular weight excluding hydrogens is 324 g/mol. The molecular formula is C17H22N4O4. The van der Waals surface area contributed by atoms with E-state index in [0.29, 0.717) is 18.2 Å². The van der Waals surface area contributed by atoms with Crippen LogP contribution in [0.1, 0.15) is 43.6 Å². The molecule has 0 saturated heterocycles. The molecule has 0 aliphatic carbocycles. The van der Waals surface area contributed by atoms with Gasteiger partial charge in [0.1, 0.15) is 12.1 Å². The second kappa shape index (κ2) is 8.27. The highest BCUT2D eigenvalue weighted by atomic mass is 16.4. The summed E-state index contributed by atoms with van der Waals surface area (Å²) in [5.74, 6) is -2.13. The number of para-hydroxylation sites is 1. The highest BCUT2D eigenvalue weighted by Gasteiger charge is 2.24. The molecule has 2 amide bonds. The highest BCUT2D eigenvalue weighted by molar-refractivity contribution is 6.06. The zero-order chi connectivity index (χ0) is 18.4. The van der Waals surface area contributed by atoms with Crippen molar-refractivity contribution in [2.24, 2.45) is 0 Å². The number of hydrogen-bond donors (Lipinski definition) is 4. The third-order valence-electron chi connectivity index (χ3n) is 3.89. The Kier molecular flexibility index (Phi) is 6.10. The summed E-state index contributed by atoms with van der Waals surface area (Å²) in [4.78, 5) is 35.7. The molecule has 1 aromatic heterocycles. The third-order valence-corrected chi connectivity index (χ3v) is 3.89. The van der Waals surface area contributed by atoms with Gasteiger partial charge in [-0.25, -0.2) is 4.79 Å². The Morgan fingerprint density at radius 3 is 2.64 bits per heavy atom. The number of nitrogens with zero attached hydrogens (tertiary/aromatic N) is 1. The summed E-state index contributed by atoms with van der Waals surface area (Å²) in [6.07, 6.45) is 1.87. The van der Waals surface area contributed by atoms with E-state index >= 15 is 0 Å². The van der Waals surface area contributed by atoms with Gasteiger partial charge in [0.2, 0.25) is 5.91 Å². The molecule has 2 atom stereocenters. The van der Waals surface area contributed by atoms with Crippen LogP contribution in [0.2, 0.25) is 0 Å². The first-order valence-electron chi connectivity index (χ1n) is 8.21. The summed E-state index contributed by atoms with van der Waals surface area (Å²) in [5, 5.41) is 21.5. The minimum atomic E-state index is -1.08. The Balaban J connectivity index is 2.00. The van der Waals surface area contributed by atoms with E-state index < -0.39 is 29.9 Å². The quantitative estimate of drug-likeness (QED) is 0.576. The maximum Gasteiger partial charge on any atom is 0.326 e. The number of aromatic nitrogens is 2. The fraction of sp³-hybridized carbons (Fsp3) is 0.412. The van der Waals surface area contributed by atoms with Crippen LogP contribution in [0.15, 0.2) is 24.3 Å². The molecule has 1 heterocycles. The van der Waals surface area contributed by atoms with Crippen molar-refractivity contribution in [3.05, 3.63) is 30.0 Å². The number of rotatable bonds is 8. The van der Waals surface area contributed by atoms with Gasteiger partial charge < -0.3 is 15.7 Å². The molecule has 8 heteroatoms. The molecule has 4 N–H and O–H groups in total. The van der Waals surface area contributed by atoms with E-state index in [2.05, 4.69) is 20.8 Å². The summed E-state index contributed by atoms with van der Waals surface area (Å²) in [7, 11) is 0. The smallest absolute Gasteiger partial charge is 0.326 e. The fourth-order valence-electron chi connectivity index (χ4n) is 2.43. The normalized spacial score (nSPS) is 13.2. The average molecular weight is 346 g/mol. The lowest BCUT2D eigenvalue weighted by molar-refractivity contribution is -0.142. The summed E-state index contributed by atoms with van der Waals surface area (Å²) in [5.41, 5.74) is 0.909. The van der Waals surface area contributed by atoms with E-state index in [4.69, 9.17) is 5.11 Å². The second-order valence-electron chi connectivity index (χ2n) is 5.85. The standard InChI is InChI=1S/C17H22N4O4/c1-3-4-8-13(17(24)25)19-15(22)10(2)18-16(23)14-11-7-5-6-9-12(11)20-21-14/h5-7,9-10,13H,3-4,8H2,1-2H3,(H,18,23)(H,19,22)(H,20,21)(H,24,25)/t10?,13-/m0/s1. The molecule has 134 valence electrons. The van der Waals surface area contributed by atoms with Crippen LogP contribution in [0.3, 0.4) is 0 Å². The number of benzene rings is 1. The predicted octanol–water partition coefficient (Wildman–Crippen LogP) is 1.44. The number of nitrogens with one attached hydrogen (secondary N) is 3. The van der Waals surface area contributed by atoms with E-state index in [0.717, 1.165) is 11.9 Å². The molecule has 1 aromatic carbocycles. The van der Waals surface area contributed by atoms with Crippen LogP contribution in [0.4, 0.5) is 0 Å². The number of unbranched alkanes of at least 4 members (excludes halogenated alkanes) is 1. The maximum atomic E-state index is 12.3. The van der Waals surface area contributed by atoms with Crippen molar-refractivity contribution in [3.8, 4) is 0 Å². The van der Waals surface area contributed by atoms with Crippen LogP contribution in [-0.2, 0) is 9.59 Å². The summed E-state index contributed by atoms with van der Waals surface area (Å²) in [6.45, 7) is 3.44. The Morgan fingerprint density at radius 1 is 1.24 bits per heavy atom. The number of fused-ring (bicyclic) bond motifs is 1. The van der Waals surface area contributed by atoms with Crippen LogP contribution in [0.5, 0.6) is 0 Å². The number of carbonyl (C=O) groups excluding carboxylic acids is 2. The van der Waals surface area contributed by atoms with Crippen molar-refractivity contribution in [2.45, 2.75) is 45.2 Å². The molecule has 25 heavy (non-hydrogen) atoms. The molecule has 0 spiro atoms. The molecule has 8 nitrogen and oxygen atoms in total. The van der Waals surface area contributed by atoms with Gasteiger partial charge in [-0.05, 0) is 19.4 Å². The van der Waals surface area contributed by atoms with Gasteiger partial charge in [0.25, 0.3) is 5.91 Å². The van der Waals surface area contributed by atoms with E-state index in [-0.39, 0.29) is 5.69 Å². The minimum absolute atomic E-state index is 0.191. The molecule has 0 fully saturated rings. The van der Waals surface area contributed by atoms with Crippen molar-refractivity contribution in [2.75, 3.05) is 0 Å². The predicted molar refractivity (Wildman–Crippen MR) is 92.1 cm³/mol. The van der Waals surface area contributed by atoms with Gasteiger partial charge in [-0.2, -0.15) is 5.10 Å². The maximum absolute atomic E-state index is 12.3. The van der Waals surface area contributed by atoms with Gasteiger partial charge >= 0.3 is 5.97 Å². The number of carbonyl (C=O) groups is 3. The van der Waals surface area contributed by atoms with Gasteiger partial charge in [-0.1, -0.05) is 38.0 Å². The molecule has 0 bridgehead atoms. The van der Waals surface area contributed by atoms with Gasteiger partial charge in [0.15, 0.2) is 5.69 Å². The number of H-pyrrole nitrogens is 1. The topological polar surface area (TPSA) is 124 Å². The zero-order valence-corrected chi connectivity index (χ0v) is 14.2. The molecule has 1 unspecified atom stereocenters. The number of aliphatic carboxylic acids is 1. The molecule has 0 saturated carbocycles. The highest BCUT2D eigenvalue weighted by Crippen LogP contribution is 2.14. The Labute approximate surface area is 145 Å². The van der Waals surface area contributed by atoms with Crippen molar-refractivity contribution in [1.82, 2.24) is 20.8 Å². The van der Waals surface area contributed by atoms with Crippen molar-refractivity contribution >= 4 is 28.7 Å². The van der Waals surface area contributed by atoms with E-state index in [1.165, 1.54) is 6.92 Å². The summed E-state index contributed by atoms with van der Waals surface area (Å²) >= 11 is 0. The molecule has 2 rings (SSSR count). The summed E-state index contributed by atoms with van der Waals surface area (Å²) in [6, 6.07) is 5.31. The minimum Gasteiger partial charge on any atom is -0.480 e. The Bertz CT molecular complexity index is 771. The SMILES string of the molecule is CCCC[C@H](NC(=O)C(C)NC(=O)c1n[nH]c2ccccc12)C(=O)O. The number of carboxylic acid groups (broad SMARTS) is 1. The first kappa shape index (κ1) is 18.4. The molecule has 0 radical (unpaired) electrons. The van der Waals surface area contributed by atoms with Crippen LogP contribution in [0, 0.1) is 0 Å². The largest absolute Gasteiger partial charge is 0.480 e. The van der Waals surface area contributed by atoms with Crippen molar-refractivity contribution in [1.29, 1.82) is 0 Å². The van der Waals surface area contributed by atoms with Gasteiger partial charge in [0.05, 0.1) is 5.52 Å². The first-order valence-corrected chi connectivity index (χ1v) is 8.21. The van der Waals surface area contributed by atoms with Crippen LogP contribution in [0.25, 0.3) is 10.9 Å². The Hall–Kier alpha value is -2.90. The average Bonchev–Trinajstić information content (AvgIpc) is 3.02. The zero-order valence-electron chi connectivity index (χ0n) is 14.2. The first-order chi connectivity index (χ1) is 11.9. The Morgan fingerprint density at radius 2 is 1.96 bits per heavy atom.